The maximum atomic E-state index is 11.8. The number of ether oxygens (including phenoxy) is 2. The summed E-state index contributed by atoms with van der Waals surface area (Å²) in [5.41, 5.74) is 3.10. The van der Waals surface area contributed by atoms with Gasteiger partial charge in [0.2, 0.25) is 0 Å². The third-order valence-corrected chi connectivity index (χ3v) is 5.20. The molecule has 0 spiro atoms. The van der Waals surface area contributed by atoms with Crippen LogP contribution in [0.2, 0.25) is 0 Å². The number of aromatic nitrogens is 3. The number of rotatable bonds is 9. The molecule has 0 radical (unpaired) electrons. The molecule has 0 unspecified atom stereocenters. The summed E-state index contributed by atoms with van der Waals surface area (Å²) in [7, 11) is 0. The summed E-state index contributed by atoms with van der Waals surface area (Å²) in [4.78, 5) is 15.7. The first-order valence-corrected chi connectivity index (χ1v) is 10.9. The molecule has 0 atom stereocenters. The van der Waals surface area contributed by atoms with E-state index >= 15 is 0 Å². The lowest BCUT2D eigenvalue weighted by Crippen LogP contribution is -2.37. The highest BCUT2D eigenvalue weighted by molar-refractivity contribution is 5.79. The fraction of sp³-hybridized carbons (Fsp3) is 0.333. The highest BCUT2D eigenvalue weighted by Crippen LogP contribution is 2.18. The van der Waals surface area contributed by atoms with Crippen LogP contribution >= 0.6 is 0 Å². The van der Waals surface area contributed by atoms with Gasteiger partial charge in [-0.05, 0) is 17.2 Å². The van der Waals surface area contributed by atoms with Crippen molar-refractivity contribution in [3.8, 4) is 6.01 Å². The Morgan fingerprint density at radius 2 is 2.03 bits per heavy atom. The summed E-state index contributed by atoms with van der Waals surface area (Å²) in [6.45, 7) is 3.42. The van der Waals surface area contributed by atoms with Crippen molar-refractivity contribution in [3.63, 3.8) is 0 Å². The molecule has 0 amide bonds. The molecule has 2 aromatic heterocycles. The van der Waals surface area contributed by atoms with E-state index in [0.29, 0.717) is 31.9 Å². The summed E-state index contributed by atoms with van der Waals surface area (Å²) >= 11 is 0. The number of aliphatic hydroxyl groups excluding tert-OH is 1. The van der Waals surface area contributed by atoms with Gasteiger partial charge in [0.1, 0.15) is 12.4 Å². The Hall–Kier alpha value is -3.56. The number of anilines is 1. The Balaban J connectivity index is 1.47. The average Bonchev–Trinajstić information content (AvgIpc) is 2.86. The molecule has 33 heavy (non-hydrogen) atoms. The van der Waals surface area contributed by atoms with Gasteiger partial charge in [-0.15, -0.1) is 0 Å². The summed E-state index contributed by atoms with van der Waals surface area (Å²) in [6, 6.07) is 15.0. The minimum atomic E-state index is -0.00742. The van der Waals surface area contributed by atoms with Crippen LogP contribution in [0.4, 0.5) is 5.82 Å². The zero-order chi connectivity index (χ0) is 22.9. The van der Waals surface area contributed by atoms with Crippen molar-refractivity contribution >= 4 is 12.0 Å². The zero-order valence-electron chi connectivity index (χ0n) is 18.3. The fourth-order valence-electron chi connectivity index (χ4n) is 3.48. The summed E-state index contributed by atoms with van der Waals surface area (Å²) in [5, 5.41) is 21.1. The smallest absolute Gasteiger partial charge is 0.318 e. The van der Waals surface area contributed by atoms with E-state index < -0.39 is 0 Å². The van der Waals surface area contributed by atoms with E-state index in [9.17, 15) is 10.3 Å². The van der Waals surface area contributed by atoms with Crippen molar-refractivity contribution in [1.82, 2.24) is 9.97 Å². The lowest BCUT2D eigenvalue weighted by Gasteiger charge is -2.28. The van der Waals surface area contributed by atoms with Gasteiger partial charge in [0.15, 0.2) is 11.9 Å². The van der Waals surface area contributed by atoms with Crippen molar-refractivity contribution in [2.24, 2.45) is 4.99 Å². The van der Waals surface area contributed by atoms with Crippen LogP contribution in [0.1, 0.15) is 22.5 Å². The molecular weight excluding hydrogens is 422 g/mol. The summed E-state index contributed by atoms with van der Waals surface area (Å²) < 4.78 is 12.1. The molecule has 4 rings (SSSR count). The number of benzene rings is 1. The molecule has 9 heteroatoms. The number of pyridine rings is 1. The predicted molar refractivity (Wildman–Crippen MR) is 123 cm³/mol. The van der Waals surface area contributed by atoms with Crippen molar-refractivity contribution in [1.29, 1.82) is 0 Å². The highest BCUT2D eigenvalue weighted by Gasteiger charge is 2.16. The first-order chi connectivity index (χ1) is 16.2. The van der Waals surface area contributed by atoms with E-state index in [4.69, 9.17) is 9.47 Å². The van der Waals surface area contributed by atoms with Gasteiger partial charge in [-0.2, -0.15) is 14.7 Å². The van der Waals surface area contributed by atoms with Gasteiger partial charge in [-0.3, -0.25) is 4.99 Å². The molecule has 1 N–H and O–H groups in total. The van der Waals surface area contributed by atoms with Crippen LogP contribution in [0.25, 0.3) is 0 Å². The van der Waals surface area contributed by atoms with Crippen LogP contribution in [-0.4, -0.2) is 54.2 Å². The molecule has 3 heterocycles. The Bertz CT molecular complexity index is 1090. The molecule has 0 saturated carbocycles. The van der Waals surface area contributed by atoms with E-state index in [1.54, 1.807) is 18.3 Å². The van der Waals surface area contributed by atoms with Crippen LogP contribution in [0, 0.1) is 5.21 Å². The van der Waals surface area contributed by atoms with E-state index in [-0.39, 0.29) is 19.2 Å². The molecule has 1 fully saturated rings. The number of hydrogen-bond acceptors (Lipinski definition) is 8. The Morgan fingerprint density at radius 1 is 1.15 bits per heavy atom. The minimum Gasteiger partial charge on any atom is -0.619 e. The number of aliphatic hydroxyl groups is 1. The average molecular weight is 450 g/mol. The van der Waals surface area contributed by atoms with Crippen LogP contribution in [0.5, 0.6) is 6.01 Å². The van der Waals surface area contributed by atoms with Crippen molar-refractivity contribution in [2.45, 2.75) is 19.6 Å². The number of hydrogen-bond donors (Lipinski definition) is 1. The molecular formula is C24H27N5O4. The van der Waals surface area contributed by atoms with Crippen molar-refractivity contribution in [3.05, 3.63) is 82.4 Å². The molecule has 1 aliphatic rings. The second kappa shape index (κ2) is 11.3. The minimum absolute atomic E-state index is 0.00742. The van der Waals surface area contributed by atoms with Gasteiger partial charge < -0.3 is 24.7 Å². The molecule has 0 bridgehead atoms. The van der Waals surface area contributed by atoms with E-state index in [1.165, 1.54) is 6.20 Å². The van der Waals surface area contributed by atoms with Gasteiger partial charge in [0.05, 0.1) is 38.5 Å². The van der Waals surface area contributed by atoms with Crippen LogP contribution < -0.4 is 14.4 Å². The predicted octanol–water partition coefficient (Wildman–Crippen LogP) is 1.68. The molecule has 1 aliphatic heterocycles. The normalized spacial score (nSPS) is 14.0. The third-order valence-electron chi connectivity index (χ3n) is 5.20. The van der Waals surface area contributed by atoms with Crippen LogP contribution in [0.3, 0.4) is 0 Å². The Kier molecular flexibility index (Phi) is 7.78. The van der Waals surface area contributed by atoms with Crippen LogP contribution in [0.15, 0.2) is 59.7 Å². The summed E-state index contributed by atoms with van der Waals surface area (Å²) in [6.07, 6.45) is 3.68. The van der Waals surface area contributed by atoms with E-state index in [0.717, 1.165) is 40.5 Å². The van der Waals surface area contributed by atoms with Gasteiger partial charge in [-0.25, -0.2) is 0 Å². The molecule has 9 nitrogen and oxygen atoms in total. The van der Waals surface area contributed by atoms with E-state index in [1.807, 2.05) is 36.4 Å². The van der Waals surface area contributed by atoms with Crippen molar-refractivity contribution in [2.75, 3.05) is 37.8 Å². The summed E-state index contributed by atoms with van der Waals surface area (Å²) in [5.74, 6) is 0.773. The standard InChI is InChI=1S/C24H27N5O4/c30-18-20-5-3-4-19(14-20)16-25-17-21-15-23(28-9-12-32-13-10-28)27-24(26-21)33-11-7-22-6-1-2-8-29(22)31/h1-6,8,14-16,30H,7,9-13,17-18H2. The zero-order valence-corrected chi connectivity index (χ0v) is 18.3. The largest absolute Gasteiger partial charge is 0.619 e. The molecule has 172 valence electrons. The SMILES string of the molecule is [O-][n+]1ccccc1CCOc1nc(CN=Cc2cccc(CO)c2)cc(N2CCOCC2)n1. The maximum absolute atomic E-state index is 11.8. The lowest BCUT2D eigenvalue weighted by molar-refractivity contribution is -0.614. The Morgan fingerprint density at radius 3 is 2.85 bits per heavy atom. The monoisotopic (exact) mass is 449 g/mol. The quantitative estimate of drug-likeness (QED) is 0.301. The molecule has 0 aliphatic carbocycles. The first kappa shape index (κ1) is 22.6. The first-order valence-electron chi connectivity index (χ1n) is 10.9. The topological polar surface area (TPSA) is 107 Å². The second-order valence-electron chi connectivity index (χ2n) is 7.59. The van der Waals surface area contributed by atoms with E-state index in [2.05, 4.69) is 19.9 Å². The lowest BCUT2D eigenvalue weighted by atomic mass is 10.1. The molecule has 1 saturated heterocycles. The third kappa shape index (κ3) is 6.47. The fourth-order valence-corrected chi connectivity index (χ4v) is 3.48. The number of aliphatic imine (C=N–C) groups is 1. The maximum Gasteiger partial charge on any atom is 0.318 e. The highest BCUT2D eigenvalue weighted by atomic mass is 16.5. The number of nitrogens with zero attached hydrogens (tertiary/aromatic N) is 5. The van der Waals surface area contributed by atoms with Crippen molar-refractivity contribution < 1.29 is 19.3 Å². The van der Waals surface area contributed by atoms with Gasteiger partial charge in [0, 0.05) is 37.5 Å². The molecule has 1 aromatic carbocycles. The number of morpholine rings is 1. The Labute approximate surface area is 192 Å². The molecule has 3 aromatic rings. The van der Waals surface area contributed by atoms with Gasteiger partial charge in [0.25, 0.3) is 0 Å². The van der Waals surface area contributed by atoms with Crippen LogP contribution in [-0.2, 0) is 24.3 Å². The second-order valence-corrected chi connectivity index (χ2v) is 7.59. The van der Waals surface area contributed by atoms with Gasteiger partial charge >= 0.3 is 6.01 Å². The van der Waals surface area contributed by atoms with Gasteiger partial charge in [-0.1, -0.05) is 24.3 Å².